The van der Waals surface area contributed by atoms with Gasteiger partial charge in [-0.3, -0.25) is 4.79 Å². The van der Waals surface area contributed by atoms with Gasteiger partial charge in [0.15, 0.2) is 0 Å². The van der Waals surface area contributed by atoms with Gasteiger partial charge in [0.2, 0.25) is 0 Å². The van der Waals surface area contributed by atoms with E-state index >= 15 is 0 Å². The molecule has 0 aliphatic heterocycles. The summed E-state index contributed by atoms with van der Waals surface area (Å²) in [5.41, 5.74) is 0.719. The van der Waals surface area contributed by atoms with Crippen molar-refractivity contribution in [3.05, 3.63) is 20.8 Å². The molecule has 1 heterocycles. The van der Waals surface area contributed by atoms with E-state index in [1.54, 1.807) is 19.1 Å². The molecule has 90 valence electrons. The van der Waals surface area contributed by atoms with E-state index < -0.39 is 0 Å². The molecule has 0 saturated carbocycles. The fourth-order valence-electron chi connectivity index (χ4n) is 1.26. The van der Waals surface area contributed by atoms with Crippen LogP contribution in [0.1, 0.15) is 10.4 Å². The Morgan fingerprint density at radius 3 is 2.88 bits per heavy atom. The molecular formula is C10H13Br2NO2S. The summed E-state index contributed by atoms with van der Waals surface area (Å²) in [5, 5.41) is 1.85. The Bertz CT molecular complexity index is 356. The zero-order valence-electron chi connectivity index (χ0n) is 9.07. The lowest BCUT2D eigenvalue weighted by Gasteiger charge is -2.19. The molecule has 0 radical (unpaired) electrons. The highest BCUT2D eigenvalue weighted by molar-refractivity contribution is 9.11. The van der Waals surface area contributed by atoms with Gasteiger partial charge in [-0.15, -0.1) is 11.3 Å². The number of ether oxygens (including phenoxy) is 1. The Morgan fingerprint density at radius 1 is 1.69 bits per heavy atom. The second kappa shape index (κ2) is 6.74. The third-order valence-corrected chi connectivity index (χ3v) is 4.04. The SMILES string of the molecule is COCC(Br)CN(C)C(=O)c1csc(Br)c1. The number of rotatable bonds is 5. The van der Waals surface area contributed by atoms with Crippen molar-refractivity contribution < 1.29 is 9.53 Å². The molecule has 0 aliphatic carbocycles. The van der Waals surface area contributed by atoms with Crippen molar-refractivity contribution in [2.24, 2.45) is 0 Å². The van der Waals surface area contributed by atoms with E-state index in [2.05, 4.69) is 31.9 Å². The van der Waals surface area contributed by atoms with Crippen LogP contribution in [0.25, 0.3) is 0 Å². The average molecular weight is 371 g/mol. The Balaban J connectivity index is 2.54. The van der Waals surface area contributed by atoms with Gasteiger partial charge in [-0.05, 0) is 22.0 Å². The van der Waals surface area contributed by atoms with Crippen molar-refractivity contribution in [1.29, 1.82) is 0 Å². The molecular weight excluding hydrogens is 358 g/mol. The van der Waals surface area contributed by atoms with Crippen molar-refractivity contribution in [3.8, 4) is 0 Å². The molecule has 3 nitrogen and oxygen atoms in total. The molecule has 1 amide bonds. The van der Waals surface area contributed by atoms with Crippen LogP contribution in [-0.4, -0.2) is 42.9 Å². The van der Waals surface area contributed by atoms with Gasteiger partial charge in [0.1, 0.15) is 0 Å². The van der Waals surface area contributed by atoms with Crippen LogP contribution in [0.2, 0.25) is 0 Å². The van der Waals surface area contributed by atoms with Gasteiger partial charge < -0.3 is 9.64 Å². The topological polar surface area (TPSA) is 29.5 Å². The van der Waals surface area contributed by atoms with Gasteiger partial charge in [0, 0.05) is 26.1 Å². The summed E-state index contributed by atoms with van der Waals surface area (Å²) in [7, 11) is 3.43. The van der Waals surface area contributed by atoms with Crippen LogP contribution < -0.4 is 0 Å². The molecule has 0 spiro atoms. The second-order valence-electron chi connectivity index (χ2n) is 3.38. The number of carbonyl (C=O) groups excluding carboxylic acids is 1. The maximum Gasteiger partial charge on any atom is 0.254 e. The predicted octanol–water partition coefficient (Wildman–Crippen LogP) is 2.99. The van der Waals surface area contributed by atoms with E-state index in [4.69, 9.17) is 4.74 Å². The maximum atomic E-state index is 11.9. The van der Waals surface area contributed by atoms with Crippen molar-refractivity contribution in [1.82, 2.24) is 4.90 Å². The summed E-state index contributed by atoms with van der Waals surface area (Å²) in [4.78, 5) is 13.8. The largest absolute Gasteiger partial charge is 0.383 e. The monoisotopic (exact) mass is 369 g/mol. The third-order valence-electron chi connectivity index (χ3n) is 1.98. The van der Waals surface area contributed by atoms with Crippen molar-refractivity contribution in [2.75, 3.05) is 27.3 Å². The van der Waals surface area contributed by atoms with Gasteiger partial charge in [-0.25, -0.2) is 0 Å². The molecule has 0 saturated heterocycles. The van der Waals surface area contributed by atoms with Gasteiger partial charge in [0.25, 0.3) is 5.91 Å². The molecule has 1 aromatic heterocycles. The van der Waals surface area contributed by atoms with Crippen LogP contribution in [0.15, 0.2) is 15.2 Å². The molecule has 1 unspecified atom stereocenters. The predicted molar refractivity (Wildman–Crippen MR) is 73.6 cm³/mol. The molecule has 6 heteroatoms. The standard InChI is InChI=1S/C10H13Br2NO2S/c1-13(4-8(11)5-15-2)10(14)7-3-9(12)16-6-7/h3,6,8H,4-5H2,1-2H3. The molecule has 0 bridgehead atoms. The lowest BCUT2D eigenvalue weighted by Crippen LogP contribution is -2.33. The third kappa shape index (κ3) is 4.16. The molecule has 1 rings (SSSR count). The van der Waals surface area contributed by atoms with Crippen LogP contribution in [-0.2, 0) is 4.74 Å². The summed E-state index contributed by atoms with van der Waals surface area (Å²) in [5.74, 6) is 0.0301. The molecule has 1 aromatic rings. The van der Waals surface area contributed by atoms with Crippen molar-refractivity contribution in [2.45, 2.75) is 4.83 Å². The minimum absolute atomic E-state index is 0.0301. The van der Waals surface area contributed by atoms with E-state index in [1.165, 1.54) is 11.3 Å². The fraction of sp³-hybridized carbons (Fsp3) is 0.500. The van der Waals surface area contributed by atoms with Gasteiger partial charge in [-0.2, -0.15) is 0 Å². The molecule has 0 aliphatic rings. The molecule has 0 N–H and O–H groups in total. The molecule has 0 aromatic carbocycles. The Labute approximate surface area is 116 Å². The first-order chi connectivity index (χ1) is 7.54. The van der Waals surface area contributed by atoms with Crippen molar-refractivity contribution in [3.63, 3.8) is 0 Å². The Kier molecular flexibility index (Phi) is 5.96. The Morgan fingerprint density at radius 2 is 2.38 bits per heavy atom. The first-order valence-electron chi connectivity index (χ1n) is 4.67. The van der Waals surface area contributed by atoms with E-state index in [-0.39, 0.29) is 10.7 Å². The number of thiophene rings is 1. The highest BCUT2D eigenvalue weighted by Crippen LogP contribution is 2.21. The average Bonchev–Trinajstić information content (AvgIpc) is 2.64. The zero-order chi connectivity index (χ0) is 12.1. The minimum atomic E-state index is 0.0301. The zero-order valence-corrected chi connectivity index (χ0v) is 13.1. The first kappa shape index (κ1) is 14.2. The smallest absolute Gasteiger partial charge is 0.254 e. The van der Waals surface area contributed by atoms with Crippen LogP contribution in [0, 0.1) is 0 Å². The summed E-state index contributed by atoms with van der Waals surface area (Å²) in [6.45, 7) is 1.21. The number of amides is 1. The number of nitrogens with zero attached hydrogens (tertiary/aromatic N) is 1. The number of methoxy groups -OCH3 is 1. The number of carbonyl (C=O) groups is 1. The summed E-state index contributed by atoms with van der Waals surface area (Å²) >= 11 is 8.32. The normalized spacial score (nSPS) is 12.5. The molecule has 1 atom stereocenters. The van der Waals surface area contributed by atoms with Gasteiger partial charge >= 0.3 is 0 Å². The first-order valence-corrected chi connectivity index (χ1v) is 7.26. The summed E-state index contributed by atoms with van der Waals surface area (Å²) < 4.78 is 5.97. The van der Waals surface area contributed by atoms with E-state index in [9.17, 15) is 4.79 Å². The van der Waals surface area contributed by atoms with E-state index in [1.807, 2.05) is 11.4 Å². The number of hydrogen-bond donors (Lipinski definition) is 0. The van der Waals surface area contributed by atoms with Crippen LogP contribution >= 0.6 is 43.2 Å². The minimum Gasteiger partial charge on any atom is -0.383 e. The van der Waals surface area contributed by atoms with Crippen LogP contribution in [0.5, 0.6) is 0 Å². The number of hydrogen-bond acceptors (Lipinski definition) is 3. The molecule has 0 fully saturated rings. The van der Waals surface area contributed by atoms with Gasteiger partial charge in [0.05, 0.1) is 20.8 Å². The lowest BCUT2D eigenvalue weighted by atomic mass is 10.3. The lowest BCUT2D eigenvalue weighted by molar-refractivity contribution is 0.0784. The maximum absolute atomic E-state index is 11.9. The van der Waals surface area contributed by atoms with Crippen molar-refractivity contribution >= 4 is 49.1 Å². The van der Waals surface area contributed by atoms with Gasteiger partial charge in [-0.1, -0.05) is 15.9 Å². The molecule has 16 heavy (non-hydrogen) atoms. The number of halogens is 2. The summed E-state index contributed by atoms with van der Waals surface area (Å²) in [6, 6.07) is 1.84. The quantitative estimate of drug-likeness (QED) is 0.745. The van der Waals surface area contributed by atoms with Crippen LogP contribution in [0.3, 0.4) is 0 Å². The highest BCUT2D eigenvalue weighted by Gasteiger charge is 2.16. The highest BCUT2D eigenvalue weighted by atomic mass is 79.9. The van der Waals surface area contributed by atoms with E-state index in [0.717, 1.165) is 9.35 Å². The fourth-order valence-corrected chi connectivity index (χ4v) is 3.09. The number of alkyl halides is 1. The van der Waals surface area contributed by atoms with Crippen LogP contribution in [0.4, 0.5) is 0 Å². The van der Waals surface area contributed by atoms with E-state index in [0.29, 0.717) is 13.2 Å². The Hall–Kier alpha value is 0.0900. The second-order valence-corrected chi connectivity index (χ2v) is 6.96. The summed E-state index contributed by atoms with van der Waals surface area (Å²) in [6.07, 6.45) is 0.